The molecule has 0 atom stereocenters. The van der Waals surface area contributed by atoms with Gasteiger partial charge in [0.05, 0.1) is 12.8 Å². The van der Waals surface area contributed by atoms with Gasteiger partial charge in [-0.2, -0.15) is 0 Å². The van der Waals surface area contributed by atoms with E-state index in [1.165, 1.54) is 18.4 Å². The van der Waals surface area contributed by atoms with Crippen LogP contribution in [0.2, 0.25) is 0 Å². The quantitative estimate of drug-likeness (QED) is 0.760. The van der Waals surface area contributed by atoms with Crippen LogP contribution < -0.4 is 0 Å². The van der Waals surface area contributed by atoms with Crippen LogP contribution in [0.4, 0.5) is 0 Å². The van der Waals surface area contributed by atoms with Crippen LogP contribution >= 0.6 is 0 Å². The van der Waals surface area contributed by atoms with E-state index in [1.54, 1.807) is 13.1 Å². The third kappa shape index (κ3) is 1.79. The number of imidazole rings is 1. The number of carbonyl (C=O) groups is 1. The minimum atomic E-state index is -0.312. The van der Waals surface area contributed by atoms with Gasteiger partial charge < -0.3 is 4.74 Å². The number of aromatic nitrogens is 2. The van der Waals surface area contributed by atoms with Gasteiger partial charge in [-0.15, -0.1) is 0 Å². The number of pyridine rings is 1. The normalized spacial score (nSPS) is 15.1. The first-order valence-corrected chi connectivity index (χ1v) is 5.93. The van der Waals surface area contributed by atoms with Gasteiger partial charge in [0.2, 0.25) is 0 Å². The molecule has 0 saturated heterocycles. The zero-order valence-electron chi connectivity index (χ0n) is 9.72. The van der Waals surface area contributed by atoms with Gasteiger partial charge in [-0.05, 0) is 37.3 Å². The zero-order valence-corrected chi connectivity index (χ0v) is 9.72. The monoisotopic (exact) mass is 230 g/mol. The maximum Gasteiger partial charge on any atom is 0.356 e. The molecule has 4 nitrogen and oxygen atoms in total. The summed E-state index contributed by atoms with van der Waals surface area (Å²) in [4.78, 5) is 15.9. The van der Waals surface area contributed by atoms with Gasteiger partial charge >= 0.3 is 5.97 Å². The second-order valence-corrected chi connectivity index (χ2v) is 4.33. The molecule has 0 N–H and O–H groups in total. The van der Waals surface area contributed by atoms with Crippen molar-refractivity contribution in [2.75, 3.05) is 6.61 Å². The summed E-state index contributed by atoms with van der Waals surface area (Å²) in [6.07, 6.45) is 6.07. The first kappa shape index (κ1) is 10.3. The van der Waals surface area contributed by atoms with E-state index in [0.29, 0.717) is 18.2 Å². The number of fused-ring (bicyclic) bond motifs is 1. The zero-order chi connectivity index (χ0) is 11.8. The van der Waals surface area contributed by atoms with Crippen molar-refractivity contribution in [1.82, 2.24) is 9.38 Å². The van der Waals surface area contributed by atoms with Gasteiger partial charge in [-0.25, -0.2) is 9.78 Å². The molecule has 1 fully saturated rings. The highest BCUT2D eigenvalue weighted by Gasteiger charge is 2.24. The molecule has 0 aromatic carbocycles. The lowest BCUT2D eigenvalue weighted by atomic mass is 10.2. The van der Waals surface area contributed by atoms with Crippen LogP contribution in [0.15, 0.2) is 24.5 Å². The van der Waals surface area contributed by atoms with Crippen molar-refractivity contribution in [2.24, 2.45) is 0 Å². The third-order valence-corrected chi connectivity index (χ3v) is 3.06. The number of esters is 1. The lowest BCUT2D eigenvalue weighted by Gasteiger charge is -2.03. The molecule has 2 heterocycles. The summed E-state index contributed by atoms with van der Waals surface area (Å²) >= 11 is 0. The van der Waals surface area contributed by atoms with E-state index in [9.17, 15) is 4.79 Å². The van der Waals surface area contributed by atoms with Gasteiger partial charge in [0, 0.05) is 6.20 Å². The second-order valence-electron chi connectivity index (χ2n) is 4.33. The molecule has 1 aliphatic rings. The molecule has 2 aromatic rings. The Bertz CT molecular complexity index is 570. The second kappa shape index (κ2) is 3.87. The third-order valence-electron chi connectivity index (χ3n) is 3.06. The van der Waals surface area contributed by atoms with Gasteiger partial charge in [0.25, 0.3) is 0 Å². The highest BCUT2D eigenvalue weighted by atomic mass is 16.5. The van der Waals surface area contributed by atoms with E-state index in [2.05, 4.69) is 11.1 Å². The molecule has 0 bridgehead atoms. The van der Waals surface area contributed by atoms with E-state index in [4.69, 9.17) is 4.74 Å². The Hall–Kier alpha value is -1.84. The molecular weight excluding hydrogens is 216 g/mol. The average Bonchev–Trinajstić information content (AvgIpc) is 3.09. The summed E-state index contributed by atoms with van der Waals surface area (Å²) in [5, 5.41) is 0. The Kier molecular flexibility index (Phi) is 2.35. The molecule has 1 saturated carbocycles. The molecule has 0 amide bonds. The standard InChI is InChI=1S/C13H14N2O2/c1-2-17-13(16)11-7-14-12-6-5-10(8-15(11)12)9-3-4-9/h5-9H,2-4H2,1H3. The predicted octanol–water partition coefficient (Wildman–Crippen LogP) is 2.39. The van der Waals surface area contributed by atoms with Crippen LogP contribution in [0, 0.1) is 0 Å². The lowest BCUT2D eigenvalue weighted by Crippen LogP contribution is -2.08. The summed E-state index contributed by atoms with van der Waals surface area (Å²) in [6.45, 7) is 2.19. The van der Waals surface area contributed by atoms with E-state index >= 15 is 0 Å². The first-order valence-electron chi connectivity index (χ1n) is 5.93. The number of ether oxygens (including phenoxy) is 1. The number of carbonyl (C=O) groups excluding carboxylic acids is 1. The van der Waals surface area contributed by atoms with E-state index in [0.717, 1.165) is 5.65 Å². The summed E-state index contributed by atoms with van der Waals surface area (Å²) in [6, 6.07) is 4.05. The molecule has 0 aliphatic heterocycles. The molecule has 0 spiro atoms. The van der Waals surface area contributed by atoms with Crippen molar-refractivity contribution in [3.8, 4) is 0 Å². The SMILES string of the molecule is CCOC(=O)c1cnc2ccc(C3CC3)cn12. The summed E-state index contributed by atoms with van der Waals surface area (Å²) in [7, 11) is 0. The Morgan fingerprint density at radius 3 is 3.06 bits per heavy atom. The Morgan fingerprint density at radius 2 is 2.35 bits per heavy atom. The van der Waals surface area contributed by atoms with E-state index in [1.807, 2.05) is 16.7 Å². The highest BCUT2D eigenvalue weighted by molar-refractivity contribution is 5.88. The van der Waals surface area contributed by atoms with Crippen LogP contribution in [0.5, 0.6) is 0 Å². The average molecular weight is 230 g/mol. The Balaban J connectivity index is 2.05. The van der Waals surface area contributed by atoms with Crippen LogP contribution in [-0.2, 0) is 4.74 Å². The topological polar surface area (TPSA) is 43.6 Å². The molecule has 0 radical (unpaired) electrons. The maximum absolute atomic E-state index is 11.7. The molecule has 88 valence electrons. The van der Waals surface area contributed by atoms with E-state index < -0.39 is 0 Å². The smallest absolute Gasteiger partial charge is 0.356 e. The summed E-state index contributed by atoms with van der Waals surface area (Å²) in [5.41, 5.74) is 2.57. The molecule has 0 unspecified atom stereocenters. The van der Waals surface area contributed by atoms with Crippen molar-refractivity contribution in [1.29, 1.82) is 0 Å². The summed E-state index contributed by atoms with van der Waals surface area (Å²) in [5.74, 6) is 0.352. The van der Waals surface area contributed by atoms with Crippen molar-refractivity contribution in [3.63, 3.8) is 0 Å². The molecule has 2 aromatic heterocycles. The van der Waals surface area contributed by atoms with Gasteiger partial charge in [0.1, 0.15) is 5.65 Å². The van der Waals surface area contributed by atoms with Gasteiger partial charge in [-0.3, -0.25) is 4.40 Å². The van der Waals surface area contributed by atoms with Crippen molar-refractivity contribution < 1.29 is 9.53 Å². The molecule has 1 aliphatic carbocycles. The minimum Gasteiger partial charge on any atom is -0.461 e. The Morgan fingerprint density at radius 1 is 1.53 bits per heavy atom. The lowest BCUT2D eigenvalue weighted by molar-refractivity contribution is 0.0518. The fraction of sp³-hybridized carbons (Fsp3) is 0.385. The van der Waals surface area contributed by atoms with Gasteiger partial charge in [-0.1, -0.05) is 6.07 Å². The fourth-order valence-electron chi connectivity index (χ4n) is 2.01. The largest absolute Gasteiger partial charge is 0.461 e. The van der Waals surface area contributed by atoms with E-state index in [-0.39, 0.29) is 5.97 Å². The van der Waals surface area contributed by atoms with Crippen LogP contribution in [-0.4, -0.2) is 22.0 Å². The number of rotatable bonds is 3. The van der Waals surface area contributed by atoms with Crippen molar-refractivity contribution >= 4 is 11.6 Å². The van der Waals surface area contributed by atoms with Crippen LogP contribution in [0.25, 0.3) is 5.65 Å². The Labute approximate surface area is 99.2 Å². The van der Waals surface area contributed by atoms with Gasteiger partial charge in [0.15, 0.2) is 5.69 Å². The maximum atomic E-state index is 11.7. The highest BCUT2D eigenvalue weighted by Crippen LogP contribution is 2.39. The minimum absolute atomic E-state index is 0.312. The predicted molar refractivity (Wildman–Crippen MR) is 63.1 cm³/mol. The molecular formula is C13H14N2O2. The van der Waals surface area contributed by atoms with Crippen molar-refractivity contribution in [3.05, 3.63) is 35.8 Å². The van der Waals surface area contributed by atoms with Crippen molar-refractivity contribution in [2.45, 2.75) is 25.7 Å². The number of hydrogen-bond donors (Lipinski definition) is 0. The summed E-state index contributed by atoms with van der Waals surface area (Å²) < 4.78 is 6.84. The molecule has 17 heavy (non-hydrogen) atoms. The van der Waals surface area contributed by atoms with Crippen LogP contribution in [0.3, 0.4) is 0 Å². The number of hydrogen-bond acceptors (Lipinski definition) is 3. The first-order chi connectivity index (χ1) is 8.29. The molecule has 4 heteroatoms. The fourth-order valence-corrected chi connectivity index (χ4v) is 2.01. The number of nitrogens with zero attached hydrogens (tertiary/aromatic N) is 2. The van der Waals surface area contributed by atoms with Crippen LogP contribution in [0.1, 0.15) is 41.7 Å². The molecule has 3 rings (SSSR count).